The standard InChI is InChI=1S/C5HCl2NO3/c6-1-2(7)4(10)8-5(11)3(1)9/h(H,8,10,11). The average Bonchev–Trinajstić information content (AvgIpc) is 1.97. The molecule has 6 heteroatoms. The van der Waals surface area contributed by atoms with Crippen LogP contribution in [0, 0.1) is 0 Å². The summed E-state index contributed by atoms with van der Waals surface area (Å²) in [4.78, 5) is 31.7. The number of imide groups is 1. The van der Waals surface area contributed by atoms with Gasteiger partial charge in [0.1, 0.15) is 10.1 Å². The number of hydrogen-bond acceptors (Lipinski definition) is 3. The third-order valence-electron chi connectivity index (χ3n) is 1.02. The van der Waals surface area contributed by atoms with E-state index in [0.29, 0.717) is 0 Å². The largest absolute Gasteiger partial charge is 0.300 e. The van der Waals surface area contributed by atoms with Crippen molar-refractivity contribution >= 4 is 40.8 Å². The molecule has 0 fully saturated rings. The van der Waals surface area contributed by atoms with Crippen molar-refractivity contribution in [3.63, 3.8) is 0 Å². The van der Waals surface area contributed by atoms with Gasteiger partial charge in [-0.05, 0) is 0 Å². The highest BCUT2D eigenvalue weighted by atomic mass is 35.5. The third-order valence-corrected chi connectivity index (χ3v) is 1.84. The van der Waals surface area contributed by atoms with Gasteiger partial charge in [-0.15, -0.1) is 0 Å². The van der Waals surface area contributed by atoms with Gasteiger partial charge in [0, 0.05) is 0 Å². The van der Waals surface area contributed by atoms with E-state index < -0.39 is 27.7 Å². The zero-order valence-electron chi connectivity index (χ0n) is 4.98. The lowest BCUT2D eigenvalue weighted by atomic mass is 10.2. The number of nitrogens with one attached hydrogen (secondary N) is 1. The highest BCUT2D eigenvalue weighted by Gasteiger charge is 2.30. The minimum Gasteiger partial charge on any atom is -0.284 e. The predicted molar refractivity (Wildman–Crippen MR) is 36.9 cm³/mol. The molecule has 0 spiro atoms. The molecule has 0 aromatic carbocycles. The lowest BCUT2D eigenvalue weighted by molar-refractivity contribution is -0.139. The van der Waals surface area contributed by atoms with Crippen molar-refractivity contribution in [2.24, 2.45) is 0 Å². The highest BCUT2D eigenvalue weighted by Crippen LogP contribution is 2.18. The number of amides is 2. The summed E-state index contributed by atoms with van der Waals surface area (Å²) in [6, 6.07) is 0. The van der Waals surface area contributed by atoms with Gasteiger partial charge in [-0.1, -0.05) is 23.2 Å². The molecular formula is C5HCl2NO3. The van der Waals surface area contributed by atoms with Crippen LogP contribution in [0.3, 0.4) is 0 Å². The molecule has 0 bridgehead atoms. The van der Waals surface area contributed by atoms with Gasteiger partial charge in [-0.2, -0.15) is 0 Å². The first-order valence-electron chi connectivity index (χ1n) is 2.49. The van der Waals surface area contributed by atoms with Crippen LogP contribution in [0.5, 0.6) is 0 Å². The second-order valence-corrected chi connectivity index (χ2v) is 2.50. The summed E-state index contributed by atoms with van der Waals surface area (Å²) in [7, 11) is 0. The fraction of sp³-hybridized carbons (Fsp3) is 0. The number of carbonyl (C=O) groups is 3. The Bertz CT molecular complexity index is 294. The normalized spacial score (nSPS) is 18.9. The van der Waals surface area contributed by atoms with Crippen molar-refractivity contribution in [3.05, 3.63) is 10.1 Å². The lowest BCUT2D eigenvalue weighted by Crippen LogP contribution is -2.41. The summed E-state index contributed by atoms with van der Waals surface area (Å²) in [6.07, 6.45) is 0. The fourth-order valence-electron chi connectivity index (χ4n) is 0.514. The molecule has 4 nitrogen and oxygen atoms in total. The predicted octanol–water partition coefficient (Wildman–Crippen LogP) is -0.0989. The molecule has 1 N–H and O–H groups in total. The van der Waals surface area contributed by atoms with Crippen LogP contribution in [-0.4, -0.2) is 17.6 Å². The first-order chi connectivity index (χ1) is 5.04. The molecule has 1 rings (SSSR count). The van der Waals surface area contributed by atoms with Crippen LogP contribution in [0.15, 0.2) is 10.1 Å². The Hall–Kier alpha value is -0.870. The topological polar surface area (TPSA) is 63.2 Å². The summed E-state index contributed by atoms with van der Waals surface area (Å²) in [6.45, 7) is 0. The van der Waals surface area contributed by atoms with Gasteiger partial charge in [0.15, 0.2) is 0 Å². The number of Topliss-reactive ketones (excluding diaryl/α,β-unsaturated/α-hetero) is 1. The molecular weight excluding hydrogens is 193 g/mol. The molecule has 0 radical (unpaired) electrons. The Balaban J connectivity index is 3.18. The van der Waals surface area contributed by atoms with Crippen LogP contribution in [0.2, 0.25) is 0 Å². The van der Waals surface area contributed by atoms with E-state index in [1.165, 1.54) is 0 Å². The summed E-state index contributed by atoms with van der Waals surface area (Å²) < 4.78 is 0. The Labute approximate surface area is 71.1 Å². The van der Waals surface area contributed by atoms with E-state index in [9.17, 15) is 14.4 Å². The molecule has 0 unspecified atom stereocenters. The molecule has 1 aliphatic heterocycles. The van der Waals surface area contributed by atoms with Gasteiger partial charge >= 0.3 is 0 Å². The highest BCUT2D eigenvalue weighted by molar-refractivity contribution is 6.66. The van der Waals surface area contributed by atoms with Crippen LogP contribution < -0.4 is 5.32 Å². The Morgan fingerprint density at radius 1 is 0.909 bits per heavy atom. The van der Waals surface area contributed by atoms with E-state index in [2.05, 4.69) is 0 Å². The van der Waals surface area contributed by atoms with Gasteiger partial charge in [-0.25, -0.2) is 0 Å². The van der Waals surface area contributed by atoms with Crippen LogP contribution in [0.1, 0.15) is 0 Å². The van der Waals surface area contributed by atoms with Gasteiger partial charge in [0.2, 0.25) is 0 Å². The summed E-state index contributed by atoms with van der Waals surface area (Å²) in [5.74, 6) is -2.89. The smallest absolute Gasteiger partial charge is 0.284 e. The van der Waals surface area contributed by atoms with Crippen molar-refractivity contribution in [1.82, 2.24) is 5.32 Å². The maximum absolute atomic E-state index is 10.6. The van der Waals surface area contributed by atoms with E-state index in [1.807, 2.05) is 0 Å². The number of rotatable bonds is 0. The summed E-state index contributed by atoms with van der Waals surface area (Å²) >= 11 is 10.5. The minimum atomic E-state index is -1.05. The lowest BCUT2D eigenvalue weighted by Gasteiger charge is -2.08. The molecule has 2 amide bonds. The molecule has 11 heavy (non-hydrogen) atoms. The van der Waals surface area contributed by atoms with Crippen molar-refractivity contribution in [3.8, 4) is 0 Å². The molecule has 0 aliphatic carbocycles. The SMILES string of the molecule is O=C1NC(=O)C(Cl)=C(Cl)C1=O. The molecule has 0 saturated carbocycles. The molecule has 58 valence electrons. The number of halogens is 2. The van der Waals surface area contributed by atoms with Crippen molar-refractivity contribution in [2.45, 2.75) is 0 Å². The van der Waals surface area contributed by atoms with Gasteiger partial charge in [-0.3, -0.25) is 19.7 Å². The van der Waals surface area contributed by atoms with Gasteiger partial charge < -0.3 is 0 Å². The average molecular weight is 194 g/mol. The summed E-state index contributed by atoms with van der Waals surface area (Å²) in [5, 5.41) is 0.732. The maximum Gasteiger partial charge on any atom is 0.300 e. The zero-order chi connectivity index (χ0) is 8.59. The first kappa shape index (κ1) is 8.23. The molecule has 1 aliphatic rings. The monoisotopic (exact) mass is 193 g/mol. The zero-order valence-corrected chi connectivity index (χ0v) is 6.49. The minimum absolute atomic E-state index is 0.448. The Morgan fingerprint density at radius 3 is 2.00 bits per heavy atom. The van der Waals surface area contributed by atoms with E-state index in [4.69, 9.17) is 23.2 Å². The molecule has 0 saturated heterocycles. The molecule has 1 heterocycles. The van der Waals surface area contributed by atoms with E-state index in [0.717, 1.165) is 0 Å². The molecule has 0 aromatic heterocycles. The van der Waals surface area contributed by atoms with Crippen LogP contribution in [0.4, 0.5) is 0 Å². The second kappa shape index (κ2) is 2.64. The van der Waals surface area contributed by atoms with Crippen molar-refractivity contribution in [2.75, 3.05) is 0 Å². The fourth-order valence-corrected chi connectivity index (χ4v) is 0.818. The van der Waals surface area contributed by atoms with Gasteiger partial charge in [0.05, 0.1) is 0 Å². The quantitative estimate of drug-likeness (QED) is 0.432. The van der Waals surface area contributed by atoms with Crippen molar-refractivity contribution < 1.29 is 14.4 Å². The second-order valence-electron chi connectivity index (χ2n) is 1.74. The van der Waals surface area contributed by atoms with E-state index >= 15 is 0 Å². The van der Waals surface area contributed by atoms with Gasteiger partial charge in [0.25, 0.3) is 17.6 Å². The number of hydrogen-bond donors (Lipinski definition) is 1. The van der Waals surface area contributed by atoms with Crippen molar-refractivity contribution in [1.29, 1.82) is 0 Å². The molecule has 0 atom stereocenters. The summed E-state index contributed by atoms with van der Waals surface area (Å²) in [5.41, 5.74) is 0. The van der Waals surface area contributed by atoms with Crippen LogP contribution in [-0.2, 0) is 14.4 Å². The van der Waals surface area contributed by atoms with Crippen LogP contribution in [0.25, 0.3) is 0 Å². The first-order valence-corrected chi connectivity index (χ1v) is 3.25. The Kier molecular flexibility index (Phi) is 1.97. The van der Waals surface area contributed by atoms with E-state index in [1.54, 1.807) is 5.32 Å². The van der Waals surface area contributed by atoms with Crippen LogP contribution >= 0.6 is 23.2 Å². The number of carbonyl (C=O) groups excluding carboxylic acids is 3. The number of ketones is 1. The maximum atomic E-state index is 10.6. The van der Waals surface area contributed by atoms with E-state index in [-0.39, 0.29) is 0 Å². The molecule has 0 aromatic rings. The Morgan fingerprint density at radius 2 is 1.45 bits per heavy atom. The third kappa shape index (κ3) is 1.27.